The summed E-state index contributed by atoms with van der Waals surface area (Å²) in [6.07, 6.45) is 6.02. The van der Waals surface area contributed by atoms with Crippen LogP contribution in [-0.2, 0) is 0 Å². The van der Waals surface area contributed by atoms with Gasteiger partial charge in [-0.3, -0.25) is 0 Å². The summed E-state index contributed by atoms with van der Waals surface area (Å²) < 4.78 is 12.1. The van der Waals surface area contributed by atoms with Crippen molar-refractivity contribution in [1.82, 2.24) is 0 Å². The Kier molecular flexibility index (Phi) is 6.37. The molecule has 0 heterocycles. The van der Waals surface area contributed by atoms with Crippen molar-refractivity contribution in [3.63, 3.8) is 0 Å². The normalized spacial score (nSPS) is 25.6. The first-order valence-electron chi connectivity index (χ1n) is 8.37. The van der Waals surface area contributed by atoms with Crippen LogP contribution in [0.4, 0.5) is 0 Å². The molecular weight excluding hydrogens is 262 g/mol. The first-order valence-corrected chi connectivity index (χ1v) is 8.37. The van der Waals surface area contributed by atoms with Crippen molar-refractivity contribution >= 4 is 0 Å². The van der Waals surface area contributed by atoms with E-state index in [1.165, 1.54) is 19.3 Å². The number of nitrogens with two attached hydrogens (primary N) is 1. The topological polar surface area (TPSA) is 44.5 Å². The third-order valence-electron chi connectivity index (χ3n) is 4.51. The number of hydrogen-bond donors (Lipinski definition) is 1. The van der Waals surface area contributed by atoms with Crippen LogP contribution in [0.15, 0.2) is 24.3 Å². The lowest BCUT2D eigenvalue weighted by molar-refractivity contribution is 0.0653. The molecule has 0 saturated heterocycles. The van der Waals surface area contributed by atoms with E-state index in [9.17, 15) is 0 Å². The third kappa shape index (κ3) is 4.37. The molecule has 2 rings (SSSR count). The Morgan fingerprint density at radius 2 is 1.90 bits per heavy atom. The molecule has 0 amide bonds. The fraction of sp³-hybridized carbons (Fsp3) is 0.667. The first-order chi connectivity index (χ1) is 10.3. The van der Waals surface area contributed by atoms with Crippen molar-refractivity contribution in [3.8, 4) is 11.5 Å². The van der Waals surface area contributed by atoms with E-state index in [0.29, 0.717) is 12.5 Å². The zero-order valence-corrected chi connectivity index (χ0v) is 13.4. The highest BCUT2D eigenvalue weighted by Crippen LogP contribution is 2.36. The van der Waals surface area contributed by atoms with Gasteiger partial charge in [0.15, 0.2) is 11.5 Å². The number of rotatable bonds is 7. The Balaban J connectivity index is 2.07. The lowest BCUT2D eigenvalue weighted by Gasteiger charge is -2.35. The van der Waals surface area contributed by atoms with Gasteiger partial charge in [-0.25, -0.2) is 0 Å². The van der Waals surface area contributed by atoms with Crippen LogP contribution >= 0.6 is 0 Å². The van der Waals surface area contributed by atoms with Crippen molar-refractivity contribution in [3.05, 3.63) is 24.3 Å². The van der Waals surface area contributed by atoms with Crippen LogP contribution in [0.1, 0.15) is 46.0 Å². The maximum atomic E-state index is 6.31. The van der Waals surface area contributed by atoms with Crippen LogP contribution in [0.2, 0.25) is 0 Å². The fourth-order valence-electron chi connectivity index (χ4n) is 3.10. The smallest absolute Gasteiger partial charge is 0.161 e. The fourth-order valence-corrected chi connectivity index (χ4v) is 3.10. The summed E-state index contributed by atoms with van der Waals surface area (Å²) in [6, 6.07) is 8.00. The average Bonchev–Trinajstić information content (AvgIpc) is 2.54. The van der Waals surface area contributed by atoms with Gasteiger partial charge in [-0.2, -0.15) is 0 Å². The van der Waals surface area contributed by atoms with Gasteiger partial charge < -0.3 is 15.2 Å². The van der Waals surface area contributed by atoms with Gasteiger partial charge >= 0.3 is 0 Å². The summed E-state index contributed by atoms with van der Waals surface area (Å²) in [4.78, 5) is 0. The van der Waals surface area contributed by atoms with Crippen LogP contribution in [0.3, 0.4) is 0 Å². The van der Waals surface area contributed by atoms with Gasteiger partial charge in [-0.15, -0.1) is 0 Å². The lowest BCUT2D eigenvalue weighted by atomic mass is 9.78. The zero-order chi connectivity index (χ0) is 15.1. The average molecular weight is 291 g/mol. The van der Waals surface area contributed by atoms with Crippen LogP contribution in [0.5, 0.6) is 11.5 Å². The highest BCUT2D eigenvalue weighted by molar-refractivity contribution is 5.39. The van der Waals surface area contributed by atoms with Crippen molar-refractivity contribution in [1.29, 1.82) is 0 Å². The molecule has 1 aromatic rings. The molecular formula is C18H29NO2. The van der Waals surface area contributed by atoms with Gasteiger partial charge in [0.2, 0.25) is 0 Å². The number of hydrogen-bond acceptors (Lipinski definition) is 3. The summed E-state index contributed by atoms with van der Waals surface area (Å²) >= 11 is 0. The van der Waals surface area contributed by atoms with Gasteiger partial charge in [0, 0.05) is 5.92 Å². The summed E-state index contributed by atoms with van der Waals surface area (Å²) in [5, 5.41) is 0. The summed E-state index contributed by atoms with van der Waals surface area (Å²) in [7, 11) is 0. The van der Waals surface area contributed by atoms with E-state index in [2.05, 4.69) is 13.8 Å². The molecule has 0 radical (unpaired) electrons. The molecule has 21 heavy (non-hydrogen) atoms. The van der Waals surface area contributed by atoms with Crippen LogP contribution in [-0.4, -0.2) is 19.3 Å². The summed E-state index contributed by atoms with van der Waals surface area (Å²) in [5.41, 5.74) is 5.94. The van der Waals surface area contributed by atoms with E-state index in [1.54, 1.807) is 0 Å². The Morgan fingerprint density at radius 3 is 2.57 bits per heavy atom. The minimum absolute atomic E-state index is 0.222. The minimum Gasteiger partial charge on any atom is -0.490 e. The monoisotopic (exact) mass is 291 g/mol. The van der Waals surface area contributed by atoms with Crippen molar-refractivity contribution in [2.24, 2.45) is 17.6 Å². The van der Waals surface area contributed by atoms with E-state index in [0.717, 1.165) is 36.9 Å². The predicted octanol–water partition coefficient (Wildman–Crippen LogP) is 4.01. The van der Waals surface area contributed by atoms with E-state index in [-0.39, 0.29) is 6.10 Å². The molecule has 1 aromatic carbocycles. The molecule has 1 saturated carbocycles. The van der Waals surface area contributed by atoms with E-state index >= 15 is 0 Å². The molecule has 0 aromatic heterocycles. The summed E-state index contributed by atoms with van der Waals surface area (Å²) in [6.45, 7) is 5.81. The number of ether oxygens (including phenoxy) is 2. The maximum Gasteiger partial charge on any atom is 0.161 e. The Labute approximate surface area is 128 Å². The molecule has 2 N–H and O–H groups in total. The molecule has 3 heteroatoms. The third-order valence-corrected chi connectivity index (χ3v) is 4.51. The second-order valence-corrected chi connectivity index (χ2v) is 6.03. The Morgan fingerprint density at radius 1 is 1.14 bits per heavy atom. The summed E-state index contributed by atoms with van der Waals surface area (Å²) in [5.74, 6) is 2.95. The highest BCUT2D eigenvalue weighted by Gasteiger charge is 2.31. The molecule has 0 bridgehead atoms. The molecule has 118 valence electrons. The molecule has 0 spiro atoms. The lowest BCUT2D eigenvalue weighted by Crippen LogP contribution is -2.38. The molecule has 3 nitrogen and oxygen atoms in total. The largest absolute Gasteiger partial charge is 0.490 e. The van der Waals surface area contributed by atoms with E-state index in [1.807, 2.05) is 24.3 Å². The van der Waals surface area contributed by atoms with Crippen molar-refractivity contribution in [2.45, 2.75) is 52.1 Å². The standard InChI is InChI=1S/C18H29NO2/c1-3-11-20-16-7-5-6-8-17(16)21-18-12-14(4-2)9-10-15(18)13-19/h5-8,14-15,18H,3-4,9-13,19H2,1-2H3. The maximum absolute atomic E-state index is 6.31. The predicted molar refractivity (Wildman–Crippen MR) is 86.8 cm³/mol. The molecule has 3 unspecified atom stereocenters. The van der Waals surface area contributed by atoms with Gasteiger partial charge in [0.1, 0.15) is 6.10 Å². The van der Waals surface area contributed by atoms with Crippen LogP contribution in [0, 0.1) is 11.8 Å². The van der Waals surface area contributed by atoms with Crippen LogP contribution in [0.25, 0.3) is 0 Å². The van der Waals surface area contributed by atoms with Crippen molar-refractivity contribution < 1.29 is 9.47 Å². The minimum atomic E-state index is 0.222. The molecule has 3 atom stereocenters. The first kappa shape index (κ1) is 16.2. The quantitative estimate of drug-likeness (QED) is 0.825. The van der Waals surface area contributed by atoms with Crippen LogP contribution < -0.4 is 15.2 Å². The van der Waals surface area contributed by atoms with Gasteiger partial charge in [0.05, 0.1) is 6.61 Å². The number of benzene rings is 1. The highest BCUT2D eigenvalue weighted by atomic mass is 16.5. The van der Waals surface area contributed by atoms with E-state index < -0.39 is 0 Å². The second-order valence-electron chi connectivity index (χ2n) is 6.03. The second kappa shape index (κ2) is 8.28. The SMILES string of the molecule is CCCOc1ccccc1OC1CC(CC)CCC1CN. The van der Waals surface area contributed by atoms with Gasteiger partial charge in [-0.1, -0.05) is 32.4 Å². The Hall–Kier alpha value is -1.22. The Bertz CT molecular complexity index is 421. The molecule has 1 aliphatic carbocycles. The molecule has 1 fully saturated rings. The zero-order valence-electron chi connectivity index (χ0n) is 13.4. The molecule has 0 aliphatic heterocycles. The van der Waals surface area contributed by atoms with Crippen molar-refractivity contribution in [2.75, 3.05) is 13.2 Å². The number of para-hydroxylation sites is 2. The molecule has 1 aliphatic rings. The van der Waals surface area contributed by atoms with Gasteiger partial charge in [-0.05, 0) is 50.3 Å². The van der Waals surface area contributed by atoms with Gasteiger partial charge in [0.25, 0.3) is 0 Å². The van der Waals surface area contributed by atoms with E-state index in [4.69, 9.17) is 15.2 Å².